The molecule has 0 aliphatic carbocycles. The fourth-order valence-electron chi connectivity index (χ4n) is 6.20. The van der Waals surface area contributed by atoms with Gasteiger partial charge in [0.05, 0.1) is 13.2 Å². The van der Waals surface area contributed by atoms with Crippen LogP contribution in [-0.4, -0.2) is 89.0 Å². The van der Waals surface area contributed by atoms with Crippen LogP contribution in [0.2, 0.25) is 0 Å². The molecule has 10 heteroatoms. The van der Waals surface area contributed by atoms with Gasteiger partial charge in [0.25, 0.3) is 0 Å². The van der Waals surface area contributed by atoms with Crippen LogP contribution in [0.25, 0.3) is 0 Å². The Bertz CT molecular complexity index is 965. The molecule has 0 amide bonds. The van der Waals surface area contributed by atoms with Crippen molar-refractivity contribution >= 4 is 11.9 Å². The van der Waals surface area contributed by atoms with Crippen LogP contribution >= 0.6 is 0 Å². The van der Waals surface area contributed by atoms with Crippen LogP contribution in [0.4, 0.5) is 0 Å². The zero-order valence-corrected chi connectivity index (χ0v) is 33.3. The van der Waals surface area contributed by atoms with E-state index < -0.39 is 49.4 Å². The molecule has 0 saturated carbocycles. The lowest BCUT2D eigenvalue weighted by Crippen LogP contribution is -2.59. The minimum atomic E-state index is -1.60. The molecule has 1 rings (SSSR count). The maximum atomic E-state index is 12.7. The monoisotopic (exact) mass is 753 g/mol. The number of carbonyl (C=O) groups is 2. The summed E-state index contributed by atoms with van der Waals surface area (Å²) in [6, 6.07) is 0. The Balaban J connectivity index is 2.37. The fraction of sp³-hybridized carbons (Fsp3) is 0.814. The SMILES string of the molecule is CC/C=C/C/C=C/C/C=C/CCCCCCCC(=O)O[C@H](COC(=O)CCCCCCCCCCCCCCC)CO[C@@H]1O[C@H](CO)[C@H](O)C(O)C1O. The van der Waals surface area contributed by atoms with Gasteiger partial charge in [0, 0.05) is 12.8 Å². The van der Waals surface area contributed by atoms with Crippen LogP contribution in [-0.2, 0) is 28.5 Å². The number of rotatable bonds is 34. The van der Waals surface area contributed by atoms with Crippen LogP contribution in [0.5, 0.6) is 0 Å². The van der Waals surface area contributed by atoms with E-state index in [4.69, 9.17) is 18.9 Å². The highest BCUT2D eigenvalue weighted by atomic mass is 16.7. The van der Waals surface area contributed by atoms with Crippen LogP contribution in [0.1, 0.15) is 168 Å². The van der Waals surface area contributed by atoms with Crippen LogP contribution in [0, 0.1) is 0 Å². The first-order chi connectivity index (χ1) is 25.8. The van der Waals surface area contributed by atoms with Crippen molar-refractivity contribution in [2.75, 3.05) is 19.8 Å². The lowest BCUT2D eigenvalue weighted by atomic mass is 9.99. The fourth-order valence-corrected chi connectivity index (χ4v) is 6.20. The van der Waals surface area contributed by atoms with Gasteiger partial charge in [-0.25, -0.2) is 0 Å². The van der Waals surface area contributed by atoms with Crippen molar-refractivity contribution in [2.24, 2.45) is 0 Å². The molecule has 0 aromatic carbocycles. The molecule has 0 bridgehead atoms. The van der Waals surface area contributed by atoms with Crippen LogP contribution in [0.15, 0.2) is 36.5 Å². The third kappa shape index (κ3) is 26.4. The average molecular weight is 753 g/mol. The standard InChI is InChI=1S/C43H76O10/c1-3-5-7-9-11-13-15-17-18-20-22-24-26-28-30-32-39(46)52-36(35-51-43-42(49)41(48)40(47)37(33-44)53-43)34-50-38(45)31-29-27-25-23-21-19-16-14-12-10-8-6-4-2/h5,7,11,13,17-18,36-37,40-44,47-49H,3-4,6,8-10,12,14-16,19-35H2,1-2H3/b7-5+,13-11+,18-17+/t36-,37-,40+,41?,42?,43-/m1/s1. The number of esters is 2. The molecule has 1 aliphatic heterocycles. The van der Waals surface area contributed by atoms with Crippen molar-refractivity contribution in [3.63, 3.8) is 0 Å². The molecule has 4 N–H and O–H groups in total. The molecule has 53 heavy (non-hydrogen) atoms. The molecule has 1 fully saturated rings. The molecule has 10 nitrogen and oxygen atoms in total. The quantitative estimate of drug-likeness (QED) is 0.0287. The second kappa shape index (κ2) is 34.4. The minimum Gasteiger partial charge on any atom is -0.462 e. The Morgan fingerprint density at radius 3 is 1.68 bits per heavy atom. The van der Waals surface area contributed by atoms with Gasteiger partial charge in [-0.2, -0.15) is 0 Å². The number of ether oxygens (including phenoxy) is 4. The van der Waals surface area contributed by atoms with E-state index in [0.717, 1.165) is 70.6 Å². The summed E-state index contributed by atoms with van der Waals surface area (Å²) in [6.45, 7) is 3.28. The van der Waals surface area contributed by atoms with Gasteiger partial charge in [0.1, 0.15) is 31.0 Å². The van der Waals surface area contributed by atoms with Crippen molar-refractivity contribution in [3.8, 4) is 0 Å². The molecule has 1 saturated heterocycles. The first-order valence-electron chi connectivity index (χ1n) is 21.1. The average Bonchev–Trinajstić information content (AvgIpc) is 3.15. The number of hydrogen-bond donors (Lipinski definition) is 4. The van der Waals surface area contributed by atoms with Crippen molar-refractivity contribution in [3.05, 3.63) is 36.5 Å². The van der Waals surface area contributed by atoms with Gasteiger partial charge in [-0.15, -0.1) is 0 Å². The number of carbonyl (C=O) groups excluding carboxylic acids is 2. The Kier molecular flexibility index (Phi) is 31.8. The lowest BCUT2D eigenvalue weighted by molar-refractivity contribution is -0.305. The van der Waals surface area contributed by atoms with Gasteiger partial charge in [0.15, 0.2) is 12.4 Å². The molecule has 2 unspecified atom stereocenters. The normalized spacial score (nSPS) is 21.2. The van der Waals surface area contributed by atoms with Crippen molar-refractivity contribution < 1.29 is 49.0 Å². The van der Waals surface area contributed by atoms with Crippen LogP contribution < -0.4 is 0 Å². The van der Waals surface area contributed by atoms with Gasteiger partial charge >= 0.3 is 11.9 Å². The van der Waals surface area contributed by atoms with Crippen molar-refractivity contribution in [1.29, 1.82) is 0 Å². The first-order valence-corrected chi connectivity index (χ1v) is 21.1. The van der Waals surface area contributed by atoms with Gasteiger partial charge in [0.2, 0.25) is 0 Å². The number of aliphatic hydroxyl groups is 4. The van der Waals surface area contributed by atoms with Crippen molar-refractivity contribution in [2.45, 2.75) is 205 Å². The zero-order valence-electron chi connectivity index (χ0n) is 33.3. The number of aliphatic hydroxyl groups excluding tert-OH is 4. The Labute approximate surface area is 321 Å². The summed E-state index contributed by atoms with van der Waals surface area (Å²) >= 11 is 0. The largest absolute Gasteiger partial charge is 0.462 e. The molecule has 0 aromatic heterocycles. The molecular weight excluding hydrogens is 676 g/mol. The summed E-state index contributed by atoms with van der Waals surface area (Å²) in [5, 5.41) is 40.0. The zero-order chi connectivity index (χ0) is 38.8. The summed E-state index contributed by atoms with van der Waals surface area (Å²) in [5.41, 5.74) is 0. The van der Waals surface area contributed by atoms with Gasteiger partial charge in [-0.05, 0) is 44.9 Å². The Morgan fingerprint density at radius 2 is 1.11 bits per heavy atom. The molecular formula is C43H76O10. The van der Waals surface area contributed by atoms with Gasteiger partial charge < -0.3 is 39.4 Å². The second-order valence-corrected chi connectivity index (χ2v) is 14.4. The van der Waals surface area contributed by atoms with E-state index in [-0.39, 0.29) is 32.0 Å². The van der Waals surface area contributed by atoms with E-state index in [1.54, 1.807) is 0 Å². The predicted molar refractivity (Wildman–Crippen MR) is 210 cm³/mol. The van der Waals surface area contributed by atoms with Crippen molar-refractivity contribution in [1.82, 2.24) is 0 Å². The third-order valence-corrected chi connectivity index (χ3v) is 9.54. The lowest BCUT2D eigenvalue weighted by Gasteiger charge is -2.39. The van der Waals surface area contributed by atoms with E-state index in [2.05, 4.69) is 50.3 Å². The topological polar surface area (TPSA) is 152 Å². The summed E-state index contributed by atoms with van der Waals surface area (Å²) in [6.07, 6.45) is 30.1. The summed E-state index contributed by atoms with van der Waals surface area (Å²) < 4.78 is 22.1. The van der Waals surface area contributed by atoms with E-state index in [9.17, 15) is 30.0 Å². The molecule has 0 aromatic rings. The van der Waals surface area contributed by atoms with E-state index >= 15 is 0 Å². The van der Waals surface area contributed by atoms with E-state index in [0.29, 0.717) is 6.42 Å². The maximum absolute atomic E-state index is 12.7. The first kappa shape index (κ1) is 48.9. The third-order valence-electron chi connectivity index (χ3n) is 9.54. The summed E-state index contributed by atoms with van der Waals surface area (Å²) in [7, 11) is 0. The van der Waals surface area contributed by atoms with Crippen LogP contribution in [0.3, 0.4) is 0 Å². The summed E-state index contributed by atoms with van der Waals surface area (Å²) in [5.74, 6) is -0.825. The molecule has 0 spiro atoms. The Morgan fingerprint density at radius 1 is 0.604 bits per heavy atom. The molecule has 6 atom stereocenters. The molecule has 0 radical (unpaired) electrons. The highest BCUT2D eigenvalue weighted by molar-refractivity contribution is 5.70. The summed E-state index contributed by atoms with van der Waals surface area (Å²) in [4.78, 5) is 25.2. The number of unbranched alkanes of at least 4 members (excludes halogenated alkanes) is 17. The highest BCUT2D eigenvalue weighted by Gasteiger charge is 2.44. The predicted octanol–water partition coefficient (Wildman–Crippen LogP) is 8.33. The van der Waals surface area contributed by atoms with E-state index in [1.807, 2.05) is 0 Å². The number of allylic oxidation sites excluding steroid dienone is 6. The molecule has 308 valence electrons. The number of hydrogen-bond acceptors (Lipinski definition) is 10. The smallest absolute Gasteiger partial charge is 0.306 e. The minimum absolute atomic E-state index is 0.211. The molecule has 1 heterocycles. The molecule has 1 aliphatic rings. The van der Waals surface area contributed by atoms with Gasteiger partial charge in [-0.1, -0.05) is 147 Å². The van der Waals surface area contributed by atoms with Gasteiger partial charge in [-0.3, -0.25) is 9.59 Å². The second-order valence-electron chi connectivity index (χ2n) is 14.4. The highest BCUT2D eigenvalue weighted by Crippen LogP contribution is 2.22. The Hall–Kier alpha value is -2.08. The maximum Gasteiger partial charge on any atom is 0.306 e. The van der Waals surface area contributed by atoms with E-state index in [1.165, 1.54) is 64.2 Å².